The highest BCUT2D eigenvalue weighted by molar-refractivity contribution is 5.90. The fourth-order valence-electron chi connectivity index (χ4n) is 3.06. The summed E-state index contributed by atoms with van der Waals surface area (Å²) in [6, 6.07) is 10.5. The van der Waals surface area contributed by atoms with Crippen LogP contribution in [-0.2, 0) is 9.53 Å². The van der Waals surface area contributed by atoms with Crippen molar-refractivity contribution in [1.29, 1.82) is 5.26 Å². The third kappa shape index (κ3) is 3.93. The predicted molar refractivity (Wildman–Crippen MR) is 100 cm³/mol. The molecule has 0 aliphatic rings. The second kappa shape index (κ2) is 8.86. The van der Waals surface area contributed by atoms with Crippen LogP contribution >= 0.6 is 0 Å². The number of ether oxygens (including phenoxy) is 3. The van der Waals surface area contributed by atoms with E-state index in [-0.39, 0.29) is 5.97 Å². The topological polar surface area (TPSA) is 85.6 Å². The number of esters is 1. The van der Waals surface area contributed by atoms with E-state index in [1.54, 1.807) is 30.3 Å². The lowest BCUT2D eigenvalue weighted by atomic mass is 9.90. The maximum atomic E-state index is 12.2. The third-order valence-electron chi connectivity index (χ3n) is 4.39. The Morgan fingerprint density at radius 3 is 2.41 bits per heavy atom. The summed E-state index contributed by atoms with van der Waals surface area (Å²) < 4.78 is 15.8. The Kier molecular flexibility index (Phi) is 6.56. The molecule has 0 bridgehead atoms. The van der Waals surface area contributed by atoms with Gasteiger partial charge < -0.3 is 14.2 Å². The van der Waals surface area contributed by atoms with Gasteiger partial charge in [-0.25, -0.2) is 0 Å². The predicted octanol–water partition coefficient (Wildman–Crippen LogP) is 3.72. The average molecular weight is 367 g/mol. The van der Waals surface area contributed by atoms with E-state index < -0.39 is 5.92 Å². The normalized spacial score (nSPS) is 11.2. The Bertz CT molecular complexity index is 898. The van der Waals surface area contributed by atoms with Gasteiger partial charge in [-0.2, -0.15) is 5.26 Å². The van der Waals surface area contributed by atoms with Crippen LogP contribution in [0.3, 0.4) is 0 Å². The number of hydrogen-bond donors (Lipinski definition) is 0. The Morgan fingerprint density at radius 1 is 1.15 bits per heavy atom. The fraction of sp³-hybridized carbons (Fsp3) is 0.286. The van der Waals surface area contributed by atoms with E-state index in [1.807, 2.05) is 6.92 Å². The summed E-state index contributed by atoms with van der Waals surface area (Å²) in [5.41, 5.74) is 2.53. The van der Waals surface area contributed by atoms with Crippen LogP contribution in [0, 0.1) is 11.3 Å². The molecule has 0 radical (unpaired) electrons. The first kappa shape index (κ1) is 20.0. The summed E-state index contributed by atoms with van der Waals surface area (Å²) in [5.74, 6) is -0.0408. The molecule has 0 N–H and O–H groups in total. The molecule has 0 aliphatic heterocycles. The van der Waals surface area contributed by atoms with E-state index in [0.717, 1.165) is 0 Å². The van der Waals surface area contributed by atoms with E-state index in [9.17, 15) is 14.9 Å². The van der Waals surface area contributed by atoms with E-state index >= 15 is 0 Å². The largest absolute Gasteiger partial charge is 0.496 e. The molecule has 6 nitrogen and oxygen atoms in total. The van der Waals surface area contributed by atoms with Gasteiger partial charge in [-0.1, -0.05) is 6.92 Å². The van der Waals surface area contributed by atoms with Gasteiger partial charge in [-0.15, -0.1) is 0 Å². The van der Waals surface area contributed by atoms with Gasteiger partial charge in [-0.05, 0) is 42.3 Å². The molecule has 0 saturated heterocycles. The number of nitrogens with zero attached hydrogens (tertiary/aromatic N) is 1. The van der Waals surface area contributed by atoms with Gasteiger partial charge in [0, 0.05) is 11.1 Å². The van der Waals surface area contributed by atoms with Crippen molar-refractivity contribution >= 4 is 12.3 Å². The molecular formula is C21H21NO5. The highest BCUT2D eigenvalue weighted by Crippen LogP contribution is 2.41. The van der Waals surface area contributed by atoms with Gasteiger partial charge in [0.15, 0.2) is 6.29 Å². The molecule has 1 unspecified atom stereocenters. The number of nitriles is 1. The zero-order valence-electron chi connectivity index (χ0n) is 15.7. The van der Waals surface area contributed by atoms with Crippen LogP contribution in [0.4, 0.5) is 0 Å². The van der Waals surface area contributed by atoms with Crippen LogP contribution in [0.2, 0.25) is 0 Å². The van der Waals surface area contributed by atoms with Crippen molar-refractivity contribution in [3.63, 3.8) is 0 Å². The van der Waals surface area contributed by atoms with Crippen molar-refractivity contribution in [2.24, 2.45) is 0 Å². The van der Waals surface area contributed by atoms with Crippen LogP contribution in [-0.4, -0.2) is 33.6 Å². The summed E-state index contributed by atoms with van der Waals surface area (Å²) >= 11 is 0. The van der Waals surface area contributed by atoms with Gasteiger partial charge in [-0.3, -0.25) is 9.59 Å². The van der Waals surface area contributed by atoms with Crippen molar-refractivity contribution in [2.45, 2.75) is 19.3 Å². The number of hydrogen-bond acceptors (Lipinski definition) is 6. The second-order valence-corrected chi connectivity index (χ2v) is 5.82. The van der Waals surface area contributed by atoms with Crippen LogP contribution in [0.25, 0.3) is 11.1 Å². The standard InChI is InChI=1S/C21H21NO5/c1-5-16(21(24)27-4)14-9-15(12-23)20(26-3)18(10-14)17-8-13(11-22)6-7-19(17)25-2/h6-10,12,16H,5H2,1-4H3. The molecule has 140 valence electrons. The monoisotopic (exact) mass is 367 g/mol. The Labute approximate surface area is 158 Å². The lowest BCUT2D eigenvalue weighted by Gasteiger charge is -2.19. The molecule has 0 aromatic heterocycles. The molecule has 0 heterocycles. The van der Waals surface area contributed by atoms with Gasteiger partial charge >= 0.3 is 5.97 Å². The molecule has 0 aliphatic carbocycles. The second-order valence-electron chi connectivity index (χ2n) is 5.82. The smallest absolute Gasteiger partial charge is 0.313 e. The zero-order chi connectivity index (χ0) is 20.0. The molecule has 6 heteroatoms. The molecule has 0 spiro atoms. The molecule has 2 aromatic rings. The minimum Gasteiger partial charge on any atom is -0.496 e. The lowest BCUT2D eigenvalue weighted by molar-refractivity contribution is -0.142. The van der Waals surface area contributed by atoms with Gasteiger partial charge in [0.2, 0.25) is 0 Å². The van der Waals surface area contributed by atoms with Gasteiger partial charge in [0.25, 0.3) is 0 Å². The number of rotatable bonds is 7. The van der Waals surface area contributed by atoms with Crippen LogP contribution in [0.5, 0.6) is 11.5 Å². The molecule has 0 fully saturated rings. The molecule has 0 amide bonds. The quantitative estimate of drug-likeness (QED) is 0.548. The molecular weight excluding hydrogens is 346 g/mol. The van der Waals surface area contributed by atoms with Crippen LogP contribution in [0.1, 0.15) is 40.7 Å². The van der Waals surface area contributed by atoms with Crippen molar-refractivity contribution < 1.29 is 23.8 Å². The van der Waals surface area contributed by atoms with Crippen LogP contribution < -0.4 is 9.47 Å². The molecule has 0 saturated carbocycles. The summed E-state index contributed by atoms with van der Waals surface area (Å²) in [6.07, 6.45) is 1.18. The number of benzene rings is 2. The van der Waals surface area contributed by atoms with Crippen molar-refractivity contribution in [3.05, 3.63) is 47.0 Å². The Balaban J connectivity index is 2.83. The molecule has 1 atom stereocenters. The number of carbonyl (C=O) groups excluding carboxylic acids is 2. The number of carbonyl (C=O) groups is 2. The molecule has 27 heavy (non-hydrogen) atoms. The first-order valence-corrected chi connectivity index (χ1v) is 8.37. The average Bonchev–Trinajstić information content (AvgIpc) is 2.72. The Morgan fingerprint density at radius 2 is 1.89 bits per heavy atom. The fourth-order valence-corrected chi connectivity index (χ4v) is 3.06. The number of methoxy groups -OCH3 is 3. The highest BCUT2D eigenvalue weighted by Gasteiger charge is 2.24. The SMILES string of the molecule is CCC(C(=O)OC)c1cc(C=O)c(OC)c(-c2cc(C#N)ccc2OC)c1. The third-order valence-corrected chi connectivity index (χ3v) is 4.39. The van der Waals surface area contributed by atoms with E-state index in [0.29, 0.717) is 52.0 Å². The van der Waals surface area contributed by atoms with E-state index in [1.165, 1.54) is 21.3 Å². The maximum absolute atomic E-state index is 12.2. The first-order chi connectivity index (χ1) is 13.0. The first-order valence-electron chi connectivity index (χ1n) is 8.37. The maximum Gasteiger partial charge on any atom is 0.313 e. The van der Waals surface area contributed by atoms with Gasteiger partial charge in [0.1, 0.15) is 11.5 Å². The summed E-state index contributed by atoms with van der Waals surface area (Å²) in [6.45, 7) is 1.86. The van der Waals surface area contributed by atoms with Crippen LogP contribution in [0.15, 0.2) is 30.3 Å². The lowest BCUT2D eigenvalue weighted by Crippen LogP contribution is -2.14. The van der Waals surface area contributed by atoms with Crippen molar-refractivity contribution in [1.82, 2.24) is 0 Å². The zero-order valence-corrected chi connectivity index (χ0v) is 15.7. The van der Waals surface area contributed by atoms with E-state index in [4.69, 9.17) is 14.2 Å². The number of aldehydes is 1. The van der Waals surface area contributed by atoms with Gasteiger partial charge in [0.05, 0.1) is 44.4 Å². The summed E-state index contributed by atoms with van der Waals surface area (Å²) in [7, 11) is 4.31. The highest BCUT2D eigenvalue weighted by atomic mass is 16.5. The van der Waals surface area contributed by atoms with Crippen molar-refractivity contribution in [3.8, 4) is 28.7 Å². The molecule has 2 rings (SSSR count). The Hall–Kier alpha value is -3.33. The summed E-state index contributed by atoms with van der Waals surface area (Å²) in [4.78, 5) is 23.8. The molecule has 2 aromatic carbocycles. The van der Waals surface area contributed by atoms with E-state index in [2.05, 4.69) is 6.07 Å². The minimum absolute atomic E-state index is 0.303. The van der Waals surface area contributed by atoms with Crippen molar-refractivity contribution in [2.75, 3.05) is 21.3 Å². The summed E-state index contributed by atoms with van der Waals surface area (Å²) in [5, 5.41) is 9.25. The minimum atomic E-state index is -0.525.